The SMILES string of the molecule is CC(C)C[C@@H](/C=C/CCCC(C)(C)[Si](O)(c1ccccc1)c1ccccc1)NC(=O)OC(C)(C)C. The van der Waals surface area contributed by atoms with Crippen LogP contribution < -0.4 is 15.7 Å². The molecule has 0 spiro atoms. The predicted octanol–water partition coefficient (Wildman–Crippen LogP) is 6.18. The lowest BCUT2D eigenvalue weighted by Gasteiger charge is -2.41. The van der Waals surface area contributed by atoms with Crippen LogP contribution in [-0.2, 0) is 4.74 Å². The normalized spacial score (nSPS) is 13.7. The Morgan fingerprint density at radius 3 is 1.94 bits per heavy atom. The average Bonchev–Trinajstić information content (AvgIpc) is 2.77. The second kappa shape index (κ2) is 12.5. The van der Waals surface area contributed by atoms with Gasteiger partial charge in [0.25, 0.3) is 8.32 Å². The minimum absolute atomic E-state index is 0.0576. The molecule has 0 aromatic heterocycles. The van der Waals surface area contributed by atoms with Crippen LogP contribution in [0.25, 0.3) is 0 Å². The number of hydrogen-bond acceptors (Lipinski definition) is 3. The zero-order valence-electron chi connectivity index (χ0n) is 22.7. The number of carbonyl (C=O) groups excluding carboxylic acids is 1. The highest BCUT2D eigenvalue weighted by molar-refractivity contribution is 6.98. The Bertz CT molecular complexity index is 894. The summed E-state index contributed by atoms with van der Waals surface area (Å²) in [5.74, 6) is 0.455. The molecule has 0 aliphatic heterocycles. The Balaban J connectivity index is 2.08. The smallest absolute Gasteiger partial charge is 0.408 e. The van der Waals surface area contributed by atoms with Crippen molar-refractivity contribution in [3.63, 3.8) is 0 Å². The molecule has 0 unspecified atom stereocenters. The number of hydrogen-bond donors (Lipinski definition) is 2. The highest BCUT2D eigenvalue weighted by Crippen LogP contribution is 2.40. The molecule has 0 heterocycles. The van der Waals surface area contributed by atoms with Gasteiger partial charge in [0.05, 0.1) is 6.04 Å². The number of amides is 1. The number of allylic oxidation sites excluding steroid dienone is 1. The molecule has 2 aromatic rings. The van der Waals surface area contributed by atoms with Crippen LogP contribution in [0, 0.1) is 5.92 Å². The zero-order valence-corrected chi connectivity index (χ0v) is 23.7. The van der Waals surface area contributed by atoms with E-state index in [-0.39, 0.29) is 17.2 Å². The van der Waals surface area contributed by atoms with Crippen molar-refractivity contribution in [3.8, 4) is 0 Å². The zero-order chi connectivity index (χ0) is 26.1. The third-order valence-electron chi connectivity index (χ3n) is 6.33. The van der Waals surface area contributed by atoms with Gasteiger partial charge in [-0.15, -0.1) is 0 Å². The van der Waals surface area contributed by atoms with E-state index in [1.165, 1.54) is 0 Å². The van der Waals surface area contributed by atoms with E-state index in [9.17, 15) is 9.59 Å². The minimum atomic E-state index is -2.98. The van der Waals surface area contributed by atoms with Crippen LogP contribution >= 0.6 is 0 Å². The summed E-state index contributed by atoms with van der Waals surface area (Å²) in [6, 6.07) is 20.3. The molecule has 2 rings (SSSR count). The quantitative estimate of drug-likeness (QED) is 0.222. The fraction of sp³-hybridized carbons (Fsp3) is 0.500. The molecule has 0 bridgehead atoms. The van der Waals surface area contributed by atoms with E-state index in [4.69, 9.17) is 4.74 Å². The van der Waals surface area contributed by atoms with Gasteiger partial charge in [-0.2, -0.15) is 0 Å². The van der Waals surface area contributed by atoms with Crippen molar-refractivity contribution in [3.05, 3.63) is 72.8 Å². The summed E-state index contributed by atoms with van der Waals surface area (Å²) >= 11 is 0. The molecule has 1 amide bonds. The van der Waals surface area contributed by atoms with Gasteiger partial charge in [-0.1, -0.05) is 101 Å². The molecule has 2 aromatic carbocycles. The average molecular weight is 496 g/mol. The third kappa shape index (κ3) is 8.66. The van der Waals surface area contributed by atoms with Crippen molar-refractivity contribution in [2.45, 2.75) is 90.8 Å². The Hall–Kier alpha value is -2.37. The van der Waals surface area contributed by atoms with Crippen LogP contribution in [-0.4, -0.2) is 30.8 Å². The van der Waals surface area contributed by atoms with Gasteiger partial charge in [0, 0.05) is 0 Å². The summed E-state index contributed by atoms with van der Waals surface area (Å²) in [6.07, 6.45) is 7.48. The van der Waals surface area contributed by atoms with E-state index in [0.29, 0.717) is 5.92 Å². The second-order valence-electron chi connectivity index (χ2n) is 11.5. The van der Waals surface area contributed by atoms with Crippen LogP contribution in [0.15, 0.2) is 72.8 Å². The van der Waals surface area contributed by atoms with E-state index < -0.39 is 13.9 Å². The molecule has 1 atom stereocenters. The highest BCUT2D eigenvalue weighted by Gasteiger charge is 2.49. The Kier molecular flexibility index (Phi) is 10.3. The number of benzene rings is 2. The summed E-state index contributed by atoms with van der Waals surface area (Å²) in [7, 11) is -2.98. The van der Waals surface area contributed by atoms with E-state index in [0.717, 1.165) is 36.1 Å². The number of ether oxygens (including phenoxy) is 1. The fourth-order valence-corrected chi connectivity index (χ4v) is 8.35. The van der Waals surface area contributed by atoms with Crippen molar-refractivity contribution in [2.24, 2.45) is 5.92 Å². The first-order chi connectivity index (χ1) is 16.3. The number of unbranched alkanes of at least 4 members (excludes halogenated alkanes) is 1. The van der Waals surface area contributed by atoms with Gasteiger partial charge in [0.15, 0.2) is 0 Å². The molecular formula is C30H45NO3Si. The molecule has 0 radical (unpaired) electrons. The summed E-state index contributed by atoms with van der Waals surface area (Å²) in [6.45, 7) is 14.3. The molecule has 0 fully saturated rings. The number of alkyl carbamates (subject to hydrolysis) is 1. The molecule has 192 valence electrons. The molecule has 5 heteroatoms. The molecule has 35 heavy (non-hydrogen) atoms. The van der Waals surface area contributed by atoms with Gasteiger partial charge in [0.1, 0.15) is 5.60 Å². The van der Waals surface area contributed by atoms with Gasteiger partial charge in [-0.05, 0) is 67.8 Å². The fourth-order valence-electron chi connectivity index (χ4n) is 4.56. The van der Waals surface area contributed by atoms with Crippen LogP contribution in [0.1, 0.15) is 74.1 Å². The third-order valence-corrected chi connectivity index (χ3v) is 10.9. The van der Waals surface area contributed by atoms with Crippen molar-refractivity contribution >= 4 is 24.8 Å². The van der Waals surface area contributed by atoms with E-state index >= 15 is 0 Å². The minimum Gasteiger partial charge on any atom is -0.444 e. The summed E-state index contributed by atoms with van der Waals surface area (Å²) in [5.41, 5.74) is -0.514. The maximum atomic E-state index is 12.3. The maximum Gasteiger partial charge on any atom is 0.408 e. The van der Waals surface area contributed by atoms with Crippen LogP contribution in [0.5, 0.6) is 0 Å². The number of rotatable bonds is 11. The molecule has 0 saturated carbocycles. The monoisotopic (exact) mass is 495 g/mol. The Morgan fingerprint density at radius 2 is 1.49 bits per heavy atom. The summed E-state index contributed by atoms with van der Waals surface area (Å²) in [4.78, 5) is 24.5. The summed E-state index contributed by atoms with van der Waals surface area (Å²) < 4.78 is 5.44. The first kappa shape index (κ1) is 28.9. The first-order valence-corrected chi connectivity index (χ1v) is 14.8. The Morgan fingerprint density at radius 1 is 0.971 bits per heavy atom. The van der Waals surface area contributed by atoms with Crippen molar-refractivity contribution in [1.29, 1.82) is 0 Å². The standard InChI is InChI=1S/C30H45NO3Si/c1-24(2)23-25(31-28(32)34-29(3,4)5)17-11-10-16-22-30(6,7)35(33,26-18-12-8-13-19-26)27-20-14-9-15-21-27/h8-9,11-15,17-21,24-25,33H,10,16,22-23H2,1-7H3,(H,31,32)/b17-11+/t25-/m1/s1. The van der Waals surface area contributed by atoms with Gasteiger partial charge in [-0.25, -0.2) is 4.79 Å². The van der Waals surface area contributed by atoms with Crippen molar-refractivity contribution in [2.75, 3.05) is 0 Å². The molecule has 0 saturated heterocycles. The van der Waals surface area contributed by atoms with Gasteiger partial charge in [-0.3, -0.25) is 0 Å². The largest absolute Gasteiger partial charge is 0.444 e. The molecule has 0 aliphatic rings. The number of nitrogens with one attached hydrogen (secondary N) is 1. The lowest BCUT2D eigenvalue weighted by molar-refractivity contribution is 0.0510. The summed E-state index contributed by atoms with van der Waals surface area (Å²) in [5, 5.41) is 4.84. The highest BCUT2D eigenvalue weighted by atomic mass is 28.4. The van der Waals surface area contributed by atoms with Crippen LogP contribution in [0.3, 0.4) is 0 Å². The van der Waals surface area contributed by atoms with Crippen molar-refractivity contribution in [1.82, 2.24) is 5.32 Å². The first-order valence-electron chi connectivity index (χ1n) is 12.8. The maximum absolute atomic E-state index is 12.3. The second-order valence-corrected chi connectivity index (χ2v) is 15.5. The van der Waals surface area contributed by atoms with E-state index in [1.54, 1.807) is 0 Å². The lowest BCUT2D eigenvalue weighted by Crippen LogP contribution is -2.65. The lowest BCUT2D eigenvalue weighted by atomic mass is 10.0. The molecule has 4 nitrogen and oxygen atoms in total. The van der Waals surface area contributed by atoms with Gasteiger partial charge >= 0.3 is 6.09 Å². The van der Waals surface area contributed by atoms with Crippen LogP contribution in [0.2, 0.25) is 5.04 Å². The molecular weight excluding hydrogens is 450 g/mol. The predicted molar refractivity (Wildman–Crippen MR) is 150 cm³/mol. The van der Waals surface area contributed by atoms with Gasteiger partial charge in [0.2, 0.25) is 0 Å². The number of carbonyl (C=O) groups is 1. The molecule has 0 aliphatic carbocycles. The van der Waals surface area contributed by atoms with Crippen molar-refractivity contribution < 1.29 is 14.3 Å². The Labute approximate surface area is 213 Å². The molecule has 2 N–H and O–H groups in total. The topological polar surface area (TPSA) is 58.6 Å². The van der Waals surface area contributed by atoms with E-state index in [1.807, 2.05) is 57.2 Å². The van der Waals surface area contributed by atoms with Gasteiger partial charge < -0.3 is 14.8 Å². The van der Waals surface area contributed by atoms with Crippen LogP contribution in [0.4, 0.5) is 4.79 Å². The van der Waals surface area contributed by atoms with E-state index in [2.05, 4.69) is 69.4 Å².